The number of hydrogen-bond donors (Lipinski definition) is 1. The Kier molecular flexibility index (Phi) is 3.80. The quantitative estimate of drug-likeness (QED) is 0.699. The highest BCUT2D eigenvalue weighted by Gasteiger charge is 2.34. The number of ether oxygens (including phenoxy) is 1. The van der Waals surface area contributed by atoms with Crippen molar-refractivity contribution in [3.05, 3.63) is 65.5 Å². The van der Waals surface area contributed by atoms with Gasteiger partial charge in [0.2, 0.25) is 0 Å². The van der Waals surface area contributed by atoms with Gasteiger partial charge in [0.15, 0.2) is 0 Å². The second kappa shape index (κ2) is 5.92. The van der Waals surface area contributed by atoms with Crippen LogP contribution in [0.15, 0.2) is 54.1 Å². The molecule has 6 heteroatoms. The van der Waals surface area contributed by atoms with Crippen LogP contribution in [0.3, 0.4) is 0 Å². The monoisotopic (exact) mass is 312 g/mol. The summed E-state index contributed by atoms with van der Waals surface area (Å²) in [5.74, 6) is -0.726. The number of carbonyl (C=O) groups excluding carboxylic acids is 2. The molecule has 2 amide bonds. The number of amides is 2. The molecular formula is C17H13FN2O3. The summed E-state index contributed by atoms with van der Waals surface area (Å²) >= 11 is 0. The number of nitrogens with zero attached hydrogens (tertiary/aromatic N) is 1. The van der Waals surface area contributed by atoms with E-state index in [9.17, 15) is 14.0 Å². The number of hydrazine groups is 1. The predicted octanol–water partition coefficient (Wildman–Crippen LogP) is 2.30. The minimum atomic E-state index is -0.504. The molecule has 0 radical (unpaired) electrons. The summed E-state index contributed by atoms with van der Waals surface area (Å²) in [6.45, 7) is 0. The molecule has 1 aliphatic heterocycles. The van der Waals surface area contributed by atoms with Crippen molar-refractivity contribution in [1.82, 2.24) is 5.43 Å². The van der Waals surface area contributed by atoms with Gasteiger partial charge in [0.05, 0.1) is 12.8 Å². The van der Waals surface area contributed by atoms with Crippen molar-refractivity contribution < 1.29 is 18.7 Å². The summed E-state index contributed by atoms with van der Waals surface area (Å²) in [4.78, 5) is 24.4. The second-order valence-electron chi connectivity index (χ2n) is 4.89. The molecule has 0 aliphatic carbocycles. The molecule has 1 saturated heterocycles. The van der Waals surface area contributed by atoms with Gasteiger partial charge in [-0.05, 0) is 48.0 Å². The summed E-state index contributed by atoms with van der Waals surface area (Å²) in [7, 11) is 1.56. The predicted molar refractivity (Wildman–Crippen MR) is 83.0 cm³/mol. The van der Waals surface area contributed by atoms with Gasteiger partial charge in [-0.25, -0.2) is 9.40 Å². The molecule has 3 rings (SSSR count). The first kappa shape index (κ1) is 14.8. The minimum absolute atomic E-state index is 0.0134. The Balaban J connectivity index is 1.88. The van der Waals surface area contributed by atoms with Crippen molar-refractivity contribution in [3.63, 3.8) is 0 Å². The fourth-order valence-corrected chi connectivity index (χ4v) is 2.20. The van der Waals surface area contributed by atoms with Crippen LogP contribution >= 0.6 is 0 Å². The highest BCUT2D eigenvalue weighted by Crippen LogP contribution is 2.22. The normalized spacial score (nSPS) is 15.9. The maximum absolute atomic E-state index is 13.0. The first-order valence-corrected chi connectivity index (χ1v) is 6.85. The number of benzene rings is 2. The molecule has 0 aromatic heterocycles. The van der Waals surface area contributed by atoms with Gasteiger partial charge in [0.1, 0.15) is 17.1 Å². The zero-order valence-electron chi connectivity index (χ0n) is 12.2. The van der Waals surface area contributed by atoms with Crippen molar-refractivity contribution in [1.29, 1.82) is 0 Å². The molecule has 23 heavy (non-hydrogen) atoms. The summed E-state index contributed by atoms with van der Waals surface area (Å²) in [6.07, 6.45) is 1.50. The van der Waals surface area contributed by atoms with Gasteiger partial charge in [0.25, 0.3) is 11.8 Å². The number of methoxy groups -OCH3 is 1. The molecule has 116 valence electrons. The van der Waals surface area contributed by atoms with Crippen LogP contribution in [-0.2, 0) is 9.59 Å². The van der Waals surface area contributed by atoms with E-state index in [-0.39, 0.29) is 5.57 Å². The van der Waals surface area contributed by atoms with Gasteiger partial charge in [-0.15, -0.1) is 0 Å². The molecule has 1 N–H and O–H groups in total. The minimum Gasteiger partial charge on any atom is -0.497 e. The Morgan fingerprint density at radius 2 is 1.70 bits per heavy atom. The standard InChI is InChI=1S/C17H13FN2O3/c1-23-14-8-2-11(3-9-14)10-15-16(21)19-20(17(15)22)13-6-4-12(18)5-7-13/h2-10H,1H3,(H,19,21). The molecule has 1 fully saturated rings. The largest absolute Gasteiger partial charge is 0.497 e. The topological polar surface area (TPSA) is 58.6 Å². The van der Waals surface area contributed by atoms with Crippen LogP contribution in [0.1, 0.15) is 5.56 Å². The van der Waals surface area contributed by atoms with E-state index in [0.717, 1.165) is 5.01 Å². The van der Waals surface area contributed by atoms with Gasteiger partial charge in [-0.3, -0.25) is 15.0 Å². The SMILES string of the molecule is COc1ccc(C=C2C(=O)NN(c3ccc(F)cc3)C2=O)cc1. The van der Waals surface area contributed by atoms with E-state index in [2.05, 4.69) is 5.43 Å². The maximum Gasteiger partial charge on any atom is 0.282 e. The number of anilines is 1. The smallest absolute Gasteiger partial charge is 0.282 e. The maximum atomic E-state index is 13.0. The second-order valence-corrected chi connectivity index (χ2v) is 4.89. The summed E-state index contributed by atoms with van der Waals surface area (Å²) in [5.41, 5.74) is 3.57. The zero-order chi connectivity index (χ0) is 16.4. The molecule has 1 aliphatic rings. The molecule has 1 heterocycles. The Bertz CT molecular complexity index is 782. The average molecular weight is 312 g/mol. The molecule has 2 aromatic rings. The summed E-state index contributed by atoms with van der Waals surface area (Å²) < 4.78 is 18.0. The lowest BCUT2D eigenvalue weighted by Crippen LogP contribution is -2.35. The van der Waals surface area contributed by atoms with Crippen molar-refractivity contribution in [2.24, 2.45) is 0 Å². The van der Waals surface area contributed by atoms with Crippen LogP contribution < -0.4 is 15.2 Å². The molecule has 0 unspecified atom stereocenters. The third-order valence-corrected chi connectivity index (χ3v) is 3.40. The molecule has 0 saturated carbocycles. The van der Waals surface area contributed by atoms with E-state index < -0.39 is 17.6 Å². The highest BCUT2D eigenvalue weighted by molar-refractivity contribution is 6.31. The van der Waals surface area contributed by atoms with Crippen molar-refractivity contribution >= 4 is 23.6 Å². The third-order valence-electron chi connectivity index (χ3n) is 3.40. The van der Waals surface area contributed by atoms with Gasteiger partial charge < -0.3 is 4.74 Å². The Hall–Kier alpha value is -3.15. The van der Waals surface area contributed by atoms with Crippen molar-refractivity contribution in [2.75, 3.05) is 12.1 Å². The van der Waals surface area contributed by atoms with E-state index in [0.29, 0.717) is 17.0 Å². The highest BCUT2D eigenvalue weighted by atomic mass is 19.1. The van der Waals surface area contributed by atoms with Gasteiger partial charge in [-0.2, -0.15) is 0 Å². The van der Waals surface area contributed by atoms with E-state index in [4.69, 9.17) is 4.74 Å². The van der Waals surface area contributed by atoms with Crippen molar-refractivity contribution in [3.8, 4) is 5.75 Å². The van der Waals surface area contributed by atoms with Crippen LogP contribution in [-0.4, -0.2) is 18.9 Å². The summed E-state index contributed by atoms with van der Waals surface area (Å²) in [5, 5.41) is 1.09. The van der Waals surface area contributed by atoms with Crippen LogP contribution in [0, 0.1) is 5.82 Å². The third kappa shape index (κ3) is 2.91. The molecule has 0 spiro atoms. The number of carbonyl (C=O) groups is 2. The van der Waals surface area contributed by atoms with E-state index in [1.54, 1.807) is 31.4 Å². The molecule has 0 bridgehead atoms. The lowest BCUT2D eigenvalue weighted by molar-refractivity contribution is -0.117. The zero-order valence-corrected chi connectivity index (χ0v) is 12.2. The fraction of sp³-hybridized carbons (Fsp3) is 0.0588. The fourth-order valence-electron chi connectivity index (χ4n) is 2.20. The number of nitrogens with one attached hydrogen (secondary N) is 1. The van der Waals surface area contributed by atoms with Crippen LogP contribution in [0.25, 0.3) is 6.08 Å². The van der Waals surface area contributed by atoms with E-state index in [1.807, 2.05) is 0 Å². The van der Waals surface area contributed by atoms with E-state index >= 15 is 0 Å². The first-order valence-electron chi connectivity index (χ1n) is 6.85. The van der Waals surface area contributed by atoms with Gasteiger partial charge >= 0.3 is 0 Å². The Morgan fingerprint density at radius 1 is 1.04 bits per heavy atom. The Morgan fingerprint density at radius 3 is 2.30 bits per heavy atom. The summed E-state index contributed by atoms with van der Waals surface area (Å²) in [6, 6.07) is 12.2. The van der Waals surface area contributed by atoms with Gasteiger partial charge in [0, 0.05) is 0 Å². The van der Waals surface area contributed by atoms with Crippen LogP contribution in [0.4, 0.5) is 10.1 Å². The average Bonchev–Trinajstić information content (AvgIpc) is 2.84. The molecule has 0 atom stereocenters. The lowest BCUT2D eigenvalue weighted by atomic mass is 10.1. The van der Waals surface area contributed by atoms with E-state index in [1.165, 1.54) is 30.3 Å². The number of rotatable bonds is 3. The van der Waals surface area contributed by atoms with Gasteiger partial charge in [-0.1, -0.05) is 12.1 Å². The first-order chi connectivity index (χ1) is 11.1. The molecule has 5 nitrogen and oxygen atoms in total. The Labute approximate surface area is 131 Å². The van der Waals surface area contributed by atoms with Crippen LogP contribution in [0.5, 0.6) is 5.75 Å². The number of hydrogen-bond acceptors (Lipinski definition) is 3. The number of halogens is 1. The molecular weight excluding hydrogens is 299 g/mol. The van der Waals surface area contributed by atoms with Crippen LogP contribution in [0.2, 0.25) is 0 Å². The molecule has 2 aromatic carbocycles. The van der Waals surface area contributed by atoms with Crippen molar-refractivity contribution in [2.45, 2.75) is 0 Å². The lowest BCUT2D eigenvalue weighted by Gasteiger charge is -2.14.